The monoisotopic (exact) mass is 357 g/mol. The van der Waals surface area contributed by atoms with Crippen LogP contribution in [0.15, 0.2) is 59.5 Å². The number of carbonyl (C=O) groups excluding carboxylic acids is 1. The predicted molar refractivity (Wildman–Crippen MR) is 100 cm³/mol. The zero-order valence-electron chi connectivity index (χ0n) is 14.4. The number of thioether (sulfide) groups is 1. The first-order valence-corrected chi connectivity index (χ1v) is 9.26. The second-order valence-electron chi connectivity index (χ2n) is 6.12. The van der Waals surface area contributed by atoms with Crippen molar-refractivity contribution in [2.45, 2.75) is 22.5 Å². The van der Waals surface area contributed by atoms with E-state index in [1.165, 1.54) is 4.90 Å². The van der Waals surface area contributed by atoms with Gasteiger partial charge in [0.25, 0.3) is 5.91 Å². The van der Waals surface area contributed by atoms with E-state index in [-0.39, 0.29) is 10.7 Å². The van der Waals surface area contributed by atoms with Gasteiger partial charge in [-0.1, -0.05) is 18.2 Å². The van der Waals surface area contributed by atoms with E-state index in [1.807, 2.05) is 30.0 Å². The van der Waals surface area contributed by atoms with Crippen molar-refractivity contribution in [1.82, 2.24) is 5.32 Å². The minimum Gasteiger partial charge on any atom is -0.497 e. The third kappa shape index (κ3) is 4.77. The number of rotatable bonds is 6. The van der Waals surface area contributed by atoms with E-state index in [9.17, 15) is 4.79 Å². The van der Waals surface area contributed by atoms with Gasteiger partial charge >= 0.3 is 0 Å². The van der Waals surface area contributed by atoms with Crippen LogP contribution < -0.4 is 10.1 Å². The summed E-state index contributed by atoms with van der Waals surface area (Å²) in [4.78, 5) is 13.7. The third-order valence-electron chi connectivity index (χ3n) is 4.40. The van der Waals surface area contributed by atoms with Crippen molar-refractivity contribution in [2.75, 3.05) is 26.9 Å². The van der Waals surface area contributed by atoms with E-state index in [0.717, 1.165) is 31.8 Å². The van der Waals surface area contributed by atoms with Crippen molar-refractivity contribution in [1.29, 1.82) is 0 Å². The maximum Gasteiger partial charge on any atom is 0.251 e. The molecule has 1 amide bonds. The molecule has 1 fully saturated rings. The van der Waals surface area contributed by atoms with Gasteiger partial charge < -0.3 is 14.8 Å². The Kier molecular flexibility index (Phi) is 6.00. The highest BCUT2D eigenvalue weighted by Gasteiger charge is 2.34. The zero-order chi connectivity index (χ0) is 17.5. The van der Waals surface area contributed by atoms with E-state index >= 15 is 0 Å². The Balaban J connectivity index is 1.66. The van der Waals surface area contributed by atoms with Gasteiger partial charge in [0.15, 0.2) is 0 Å². The molecule has 1 N–H and O–H groups in total. The molecule has 1 aliphatic heterocycles. The lowest BCUT2D eigenvalue weighted by molar-refractivity contribution is 0.0741. The number of carbonyl (C=O) groups is 1. The molecule has 2 aromatic carbocycles. The lowest BCUT2D eigenvalue weighted by Crippen LogP contribution is -2.44. The molecule has 25 heavy (non-hydrogen) atoms. The van der Waals surface area contributed by atoms with Crippen molar-refractivity contribution in [3.8, 4) is 5.75 Å². The Hall–Kier alpha value is -1.98. The minimum atomic E-state index is -0.0535. The highest BCUT2D eigenvalue weighted by molar-refractivity contribution is 8.00. The molecule has 5 heteroatoms. The molecular formula is C20H23NO3S. The molecule has 1 aliphatic rings. The van der Waals surface area contributed by atoms with Crippen LogP contribution in [0.1, 0.15) is 23.2 Å². The van der Waals surface area contributed by atoms with Gasteiger partial charge in [0.2, 0.25) is 0 Å². The van der Waals surface area contributed by atoms with Crippen LogP contribution in [-0.2, 0) is 4.74 Å². The Bertz CT molecular complexity index is 682. The summed E-state index contributed by atoms with van der Waals surface area (Å²) in [6, 6.07) is 17.5. The number of hydrogen-bond donors (Lipinski definition) is 1. The van der Waals surface area contributed by atoms with Crippen LogP contribution >= 0.6 is 11.8 Å². The molecule has 4 nitrogen and oxygen atoms in total. The lowest BCUT2D eigenvalue weighted by Gasteiger charge is -2.36. The summed E-state index contributed by atoms with van der Waals surface area (Å²) in [6.45, 7) is 2.09. The zero-order valence-corrected chi connectivity index (χ0v) is 15.2. The van der Waals surface area contributed by atoms with E-state index < -0.39 is 0 Å². The third-order valence-corrected chi connectivity index (χ3v) is 5.90. The van der Waals surface area contributed by atoms with Crippen molar-refractivity contribution >= 4 is 17.7 Å². The molecular weight excluding hydrogens is 334 g/mol. The van der Waals surface area contributed by atoms with Crippen LogP contribution in [0.25, 0.3) is 0 Å². The Morgan fingerprint density at radius 1 is 1.12 bits per heavy atom. The molecule has 0 unspecified atom stereocenters. The predicted octanol–water partition coefficient (Wildman–Crippen LogP) is 3.77. The Morgan fingerprint density at radius 3 is 2.44 bits per heavy atom. The molecule has 0 spiro atoms. The van der Waals surface area contributed by atoms with E-state index in [4.69, 9.17) is 9.47 Å². The van der Waals surface area contributed by atoms with Crippen LogP contribution in [0.4, 0.5) is 0 Å². The maximum absolute atomic E-state index is 12.5. The molecule has 1 saturated heterocycles. The van der Waals surface area contributed by atoms with Crippen LogP contribution in [0, 0.1) is 0 Å². The van der Waals surface area contributed by atoms with Crippen molar-refractivity contribution < 1.29 is 14.3 Å². The number of methoxy groups -OCH3 is 1. The molecule has 2 aromatic rings. The largest absolute Gasteiger partial charge is 0.497 e. The fourth-order valence-electron chi connectivity index (χ4n) is 2.88. The maximum atomic E-state index is 12.5. The molecule has 0 radical (unpaired) electrons. The summed E-state index contributed by atoms with van der Waals surface area (Å²) in [5.74, 6) is 0.694. The van der Waals surface area contributed by atoms with E-state index in [1.54, 1.807) is 31.4 Å². The molecule has 1 heterocycles. The highest BCUT2D eigenvalue weighted by atomic mass is 32.2. The summed E-state index contributed by atoms with van der Waals surface area (Å²) in [7, 11) is 1.62. The first kappa shape index (κ1) is 17.8. The molecule has 0 aromatic heterocycles. The molecule has 0 bridgehead atoms. The summed E-state index contributed by atoms with van der Waals surface area (Å²) in [6.07, 6.45) is 1.85. The number of hydrogen-bond acceptors (Lipinski definition) is 4. The second kappa shape index (κ2) is 8.41. The quantitative estimate of drug-likeness (QED) is 0.855. The van der Waals surface area contributed by atoms with Gasteiger partial charge in [-0.15, -0.1) is 11.8 Å². The topological polar surface area (TPSA) is 47.6 Å². The first-order valence-electron chi connectivity index (χ1n) is 8.45. The summed E-state index contributed by atoms with van der Waals surface area (Å²) in [5.41, 5.74) is 0.646. The minimum absolute atomic E-state index is 0.0261. The van der Waals surface area contributed by atoms with E-state index in [2.05, 4.69) is 17.4 Å². The highest BCUT2D eigenvalue weighted by Crippen LogP contribution is 2.40. The van der Waals surface area contributed by atoms with E-state index in [0.29, 0.717) is 12.1 Å². The SMILES string of the molecule is COc1ccc(C(=O)NCC2(Sc3ccccc3)CCOCC2)cc1. The van der Waals surface area contributed by atoms with Gasteiger partial charge in [0, 0.05) is 35.0 Å². The number of amides is 1. The van der Waals surface area contributed by atoms with Gasteiger partial charge in [0.1, 0.15) is 5.75 Å². The number of nitrogens with one attached hydrogen (secondary N) is 1. The van der Waals surface area contributed by atoms with Crippen LogP contribution in [0.5, 0.6) is 5.75 Å². The average molecular weight is 357 g/mol. The van der Waals surface area contributed by atoms with Crippen LogP contribution in [0.2, 0.25) is 0 Å². The van der Waals surface area contributed by atoms with Gasteiger partial charge in [-0.2, -0.15) is 0 Å². The van der Waals surface area contributed by atoms with Gasteiger partial charge in [0.05, 0.1) is 7.11 Å². The van der Waals surface area contributed by atoms with Gasteiger partial charge in [-0.05, 0) is 49.2 Å². The molecule has 0 atom stereocenters. The normalized spacial score (nSPS) is 16.2. The first-order chi connectivity index (χ1) is 12.2. The smallest absolute Gasteiger partial charge is 0.251 e. The number of benzene rings is 2. The molecule has 0 saturated carbocycles. The van der Waals surface area contributed by atoms with Crippen molar-refractivity contribution in [2.24, 2.45) is 0 Å². The van der Waals surface area contributed by atoms with Crippen LogP contribution in [0.3, 0.4) is 0 Å². The van der Waals surface area contributed by atoms with Crippen LogP contribution in [-0.4, -0.2) is 37.5 Å². The number of ether oxygens (including phenoxy) is 2. The van der Waals surface area contributed by atoms with Crippen molar-refractivity contribution in [3.05, 3.63) is 60.2 Å². The van der Waals surface area contributed by atoms with Crippen molar-refractivity contribution in [3.63, 3.8) is 0 Å². The molecule has 132 valence electrons. The fraction of sp³-hybridized carbons (Fsp3) is 0.350. The summed E-state index contributed by atoms with van der Waals surface area (Å²) in [5, 5.41) is 3.11. The Labute approximate surface area is 152 Å². The standard InChI is InChI=1S/C20H23NO3S/c1-23-17-9-7-16(8-10-17)19(22)21-15-20(11-13-24-14-12-20)25-18-5-3-2-4-6-18/h2-10H,11-15H2,1H3,(H,21,22). The average Bonchev–Trinajstić information content (AvgIpc) is 2.68. The summed E-state index contributed by atoms with van der Waals surface area (Å²) < 4.78 is 10.7. The second-order valence-corrected chi connectivity index (χ2v) is 7.66. The molecule has 3 rings (SSSR count). The summed E-state index contributed by atoms with van der Waals surface area (Å²) >= 11 is 1.84. The van der Waals surface area contributed by atoms with Gasteiger partial charge in [-0.3, -0.25) is 4.79 Å². The fourth-order valence-corrected chi connectivity index (χ4v) is 4.19. The Morgan fingerprint density at radius 2 is 1.80 bits per heavy atom. The lowest BCUT2D eigenvalue weighted by atomic mass is 9.99. The van der Waals surface area contributed by atoms with Gasteiger partial charge in [-0.25, -0.2) is 0 Å². The molecule has 0 aliphatic carbocycles.